The number of nitrogens with one attached hydrogen (secondary N) is 1. The van der Waals surface area contributed by atoms with Crippen molar-refractivity contribution in [2.75, 3.05) is 16.8 Å². The van der Waals surface area contributed by atoms with Gasteiger partial charge in [-0.2, -0.15) is 11.8 Å². The molecule has 1 fully saturated rings. The zero-order valence-electron chi connectivity index (χ0n) is 9.76. The van der Waals surface area contributed by atoms with Crippen LogP contribution in [0.25, 0.3) is 11.0 Å². The molecule has 92 valence electrons. The summed E-state index contributed by atoms with van der Waals surface area (Å²) in [6.45, 7) is 0. The first-order valence-corrected chi connectivity index (χ1v) is 7.12. The Morgan fingerprint density at radius 2 is 2.28 bits per heavy atom. The lowest BCUT2D eigenvalue weighted by Gasteiger charge is -2.32. The number of hydrogen-bond acceptors (Lipinski definition) is 5. The molecule has 1 saturated heterocycles. The normalized spacial score (nSPS) is 26.1. The van der Waals surface area contributed by atoms with E-state index in [0.717, 1.165) is 34.9 Å². The molecule has 2 aliphatic heterocycles. The van der Waals surface area contributed by atoms with E-state index in [1.54, 1.807) is 0 Å². The number of nitrogens with zero attached hydrogens (tertiary/aromatic N) is 3. The van der Waals surface area contributed by atoms with E-state index in [1.165, 1.54) is 0 Å². The lowest BCUT2D eigenvalue weighted by molar-refractivity contribution is 0.355. The fourth-order valence-electron chi connectivity index (χ4n) is 2.76. The van der Waals surface area contributed by atoms with Crippen LogP contribution < -0.4 is 11.1 Å². The van der Waals surface area contributed by atoms with E-state index in [4.69, 9.17) is 5.73 Å². The zero-order chi connectivity index (χ0) is 12.2. The number of fused-ring (bicyclic) bond motifs is 4. The van der Waals surface area contributed by atoms with Gasteiger partial charge >= 0.3 is 0 Å². The van der Waals surface area contributed by atoms with Gasteiger partial charge in [-0.15, -0.1) is 0 Å². The third-order valence-electron chi connectivity index (χ3n) is 3.53. The number of imidazole rings is 1. The summed E-state index contributed by atoms with van der Waals surface area (Å²) in [6.07, 6.45) is 1.01. The highest BCUT2D eigenvalue weighted by Crippen LogP contribution is 2.42. The summed E-state index contributed by atoms with van der Waals surface area (Å²) >= 11 is 1.92. The number of para-hydroxylation sites is 2. The van der Waals surface area contributed by atoms with E-state index < -0.39 is 0 Å². The van der Waals surface area contributed by atoms with E-state index in [1.807, 2.05) is 30.0 Å². The van der Waals surface area contributed by atoms with Crippen molar-refractivity contribution in [3.8, 4) is 0 Å². The van der Waals surface area contributed by atoms with E-state index in [2.05, 4.69) is 25.9 Å². The predicted molar refractivity (Wildman–Crippen MR) is 74.9 cm³/mol. The first kappa shape index (κ1) is 10.3. The maximum atomic E-state index is 5.90. The van der Waals surface area contributed by atoms with Crippen LogP contribution >= 0.6 is 11.8 Å². The van der Waals surface area contributed by atoms with Crippen LogP contribution in [0.2, 0.25) is 0 Å². The standard InChI is InChI=1S/C12H13N5S/c13-10-15-11-14-8-3-1-2-4-9(8)17(11)12(16-10)5-6-18-7-12/h1-4H,5-7H2,(H3,13,14,15,16)/t12-/m1/s1. The van der Waals surface area contributed by atoms with Crippen molar-refractivity contribution >= 4 is 34.7 Å². The molecule has 4 rings (SSSR count). The Kier molecular flexibility index (Phi) is 1.94. The third-order valence-corrected chi connectivity index (χ3v) is 4.68. The molecule has 0 unspecified atom stereocenters. The van der Waals surface area contributed by atoms with Gasteiger partial charge in [-0.1, -0.05) is 12.1 Å². The zero-order valence-corrected chi connectivity index (χ0v) is 10.6. The Morgan fingerprint density at radius 1 is 1.39 bits per heavy atom. The molecule has 0 amide bonds. The number of guanidine groups is 1. The van der Waals surface area contributed by atoms with E-state index in [0.29, 0.717) is 5.96 Å². The quantitative estimate of drug-likeness (QED) is 0.753. The van der Waals surface area contributed by atoms with Crippen molar-refractivity contribution in [3.63, 3.8) is 0 Å². The van der Waals surface area contributed by atoms with Crippen molar-refractivity contribution < 1.29 is 0 Å². The van der Waals surface area contributed by atoms with Crippen LogP contribution in [0, 0.1) is 0 Å². The Hall–Kier alpha value is -1.69. The SMILES string of the molecule is NC1=N[C@]2(CCSC2)n2c(nc3ccccc32)N1. The maximum absolute atomic E-state index is 5.90. The molecule has 2 aromatic rings. The van der Waals surface area contributed by atoms with E-state index in [-0.39, 0.29) is 5.66 Å². The number of hydrogen-bond donors (Lipinski definition) is 2. The van der Waals surface area contributed by atoms with Crippen LogP contribution in [0.3, 0.4) is 0 Å². The molecule has 1 atom stereocenters. The minimum Gasteiger partial charge on any atom is -0.370 e. The predicted octanol–water partition coefficient (Wildman–Crippen LogP) is 1.57. The maximum Gasteiger partial charge on any atom is 0.212 e. The van der Waals surface area contributed by atoms with Gasteiger partial charge in [0.15, 0.2) is 11.6 Å². The van der Waals surface area contributed by atoms with Crippen LogP contribution in [0.4, 0.5) is 5.95 Å². The summed E-state index contributed by atoms with van der Waals surface area (Å²) in [7, 11) is 0. The summed E-state index contributed by atoms with van der Waals surface area (Å²) in [5, 5.41) is 3.07. The van der Waals surface area contributed by atoms with Gasteiger partial charge in [0.25, 0.3) is 0 Å². The summed E-state index contributed by atoms with van der Waals surface area (Å²) in [5.41, 5.74) is 7.77. The Labute approximate surface area is 108 Å². The highest BCUT2D eigenvalue weighted by atomic mass is 32.2. The molecule has 3 heterocycles. The fourth-order valence-corrected chi connectivity index (χ4v) is 4.04. The second-order valence-corrected chi connectivity index (χ2v) is 5.77. The molecule has 0 saturated carbocycles. The van der Waals surface area contributed by atoms with Crippen molar-refractivity contribution in [3.05, 3.63) is 24.3 Å². The van der Waals surface area contributed by atoms with Gasteiger partial charge in [0.05, 0.1) is 11.0 Å². The van der Waals surface area contributed by atoms with Crippen molar-refractivity contribution in [1.29, 1.82) is 0 Å². The Balaban J connectivity index is 2.05. The molecular weight excluding hydrogens is 246 g/mol. The lowest BCUT2D eigenvalue weighted by atomic mass is 10.1. The highest BCUT2D eigenvalue weighted by molar-refractivity contribution is 7.99. The largest absolute Gasteiger partial charge is 0.370 e. The van der Waals surface area contributed by atoms with Gasteiger partial charge in [0.1, 0.15) is 0 Å². The molecule has 0 aliphatic carbocycles. The smallest absolute Gasteiger partial charge is 0.212 e. The molecule has 0 radical (unpaired) electrons. The van der Waals surface area contributed by atoms with Gasteiger partial charge in [-0.05, 0) is 17.9 Å². The van der Waals surface area contributed by atoms with Crippen LogP contribution in [0.1, 0.15) is 6.42 Å². The molecule has 1 aromatic heterocycles. The summed E-state index contributed by atoms with van der Waals surface area (Å²) < 4.78 is 2.21. The highest BCUT2D eigenvalue weighted by Gasteiger charge is 2.41. The Bertz CT molecular complexity index is 654. The average Bonchev–Trinajstić information content (AvgIpc) is 2.93. The van der Waals surface area contributed by atoms with E-state index in [9.17, 15) is 0 Å². The molecule has 1 spiro atoms. The van der Waals surface area contributed by atoms with Gasteiger partial charge < -0.3 is 5.73 Å². The number of thioether (sulfide) groups is 1. The van der Waals surface area contributed by atoms with E-state index >= 15 is 0 Å². The van der Waals surface area contributed by atoms with Crippen LogP contribution in [0.5, 0.6) is 0 Å². The summed E-state index contributed by atoms with van der Waals surface area (Å²) in [5.74, 6) is 3.36. The molecule has 3 N–H and O–H groups in total. The number of benzene rings is 1. The molecule has 0 bridgehead atoms. The van der Waals surface area contributed by atoms with Gasteiger partial charge in [0, 0.05) is 12.2 Å². The minimum absolute atomic E-state index is 0.245. The Morgan fingerprint density at radius 3 is 3.11 bits per heavy atom. The second-order valence-electron chi connectivity index (χ2n) is 4.67. The first-order valence-electron chi connectivity index (χ1n) is 5.97. The van der Waals surface area contributed by atoms with Crippen molar-refractivity contribution in [2.24, 2.45) is 10.7 Å². The topological polar surface area (TPSA) is 68.2 Å². The number of rotatable bonds is 0. The summed E-state index contributed by atoms with van der Waals surface area (Å²) in [4.78, 5) is 9.27. The first-order chi connectivity index (χ1) is 8.78. The minimum atomic E-state index is -0.245. The second kappa shape index (κ2) is 3.41. The van der Waals surface area contributed by atoms with Crippen LogP contribution in [-0.4, -0.2) is 27.0 Å². The molecule has 1 aromatic carbocycles. The van der Waals surface area contributed by atoms with Crippen molar-refractivity contribution in [1.82, 2.24) is 9.55 Å². The third kappa shape index (κ3) is 1.23. The number of nitrogens with two attached hydrogens (primary N) is 1. The summed E-state index contributed by atoms with van der Waals surface area (Å²) in [6, 6.07) is 8.15. The molecular formula is C12H13N5S. The van der Waals surface area contributed by atoms with Gasteiger partial charge in [0.2, 0.25) is 5.95 Å². The number of aromatic nitrogens is 2. The average molecular weight is 259 g/mol. The lowest BCUT2D eigenvalue weighted by Crippen LogP contribution is -2.42. The molecule has 6 heteroatoms. The van der Waals surface area contributed by atoms with Gasteiger partial charge in [-0.25, -0.2) is 9.98 Å². The van der Waals surface area contributed by atoms with Gasteiger partial charge in [-0.3, -0.25) is 9.88 Å². The molecule has 18 heavy (non-hydrogen) atoms. The number of aliphatic imine (C=N–C) groups is 1. The van der Waals surface area contributed by atoms with Crippen molar-refractivity contribution in [2.45, 2.75) is 12.1 Å². The monoisotopic (exact) mass is 259 g/mol. The fraction of sp³-hybridized carbons (Fsp3) is 0.333. The van der Waals surface area contributed by atoms with Crippen LogP contribution in [0.15, 0.2) is 29.3 Å². The molecule has 5 nitrogen and oxygen atoms in total. The van der Waals surface area contributed by atoms with Crippen LogP contribution in [-0.2, 0) is 5.66 Å². The molecule has 2 aliphatic rings. The number of anilines is 1.